The summed E-state index contributed by atoms with van der Waals surface area (Å²) in [5.74, 6) is 0.169. The summed E-state index contributed by atoms with van der Waals surface area (Å²) >= 11 is 0. The van der Waals surface area contributed by atoms with Crippen molar-refractivity contribution >= 4 is 27.5 Å². The van der Waals surface area contributed by atoms with Gasteiger partial charge in [0, 0.05) is 30.8 Å². The van der Waals surface area contributed by atoms with Crippen LogP contribution < -0.4 is 15.4 Å². The molecular weight excluding hydrogens is 414 g/mol. The molecule has 1 aliphatic carbocycles. The van der Waals surface area contributed by atoms with E-state index in [2.05, 4.69) is 22.3 Å². The molecule has 2 unspecified atom stereocenters. The molecule has 0 bridgehead atoms. The summed E-state index contributed by atoms with van der Waals surface area (Å²) < 4.78 is 27.6. The molecule has 8 heteroatoms. The van der Waals surface area contributed by atoms with Crippen molar-refractivity contribution in [1.29, 1.82) is 0 Å². The molecule has 1 saturated carbocycles. The lowest BCUT2D eigenvalue weighted by atomic mass is 9.86. The van der Waals surface area contributed by atoms with E-state index in [1.807, 2.05) is 0 Å². The summed E-state index contributed by atoms with van der Waals surface area (Å²) in [5.41, 5.74) is 1.85. The molecule has 0 heterocycles. The van der Waals surface area contributed by atoms with E-state index in [4.69, 9.17) is 0 Å². The van der Waals surface area contributed by atoms with E-state index < -0.39 is 10.0 Å². The molecule has 2 aromatic rings. The summed E-state index contributed by atoms with van der Waals surface area (Å²) in [6.45, 7) is 3.67. The molecule has 3 rings (SSSR count). The Morgan fingerprint density at radius 3 is 2.23 bits per heavy atom. The maximum absolute atomic E-state index is 12.5. The van der Waals surface area contributed by atoms with Crippen LogP contribution in [0.25, 0.3) is 0 Å². The third-order valence-corrected chi connectivity index (χ3v) is 7.01. The molecule has 0 radical (unpaired) electrons. The maximum atomic E-state index is 12.5. The zero-order chi connectivity index (χ0) is 22.4. The van der Waals surface area contributed by atoms with Crippen LogP contribution in [0, 0.1) is 5.92 Å². The topological polar surface area (TPSA) is 104 Å². The van der Waals surface area contributed by atoms with Gasteiger partial charge in [0.1, 0.15) is 0 Å². The van der Waals surface area contributed by atoms with Gasteiger partial charge in [0.05, 0.1) is 4.90 Å². The first-order valence-electron chi connectivity index (χ1n) is 10.5. The Morgan fingerprint density at radius 2 is 1.61 bits per heavy atom. The van der Waals surface area contributed by atoms with E-state index in [9.17, 15) is 18.0 Å². The molecule has 2 aromatic carbocycles. The molecule has 0 spiro atoms. The molecule has 7 nitrogen and oxygen atoms in total. The standard InChI is InChI=1S/C23H29N3O4S/c1-16-5-3-4-6-22(16)26-23(28)19-9-7-18(8-10-19)15-24-31(29,30)21-13-11-20(12-14-21)25-17(2)27/h7-14,16,22,24H,3-6,15H2,1-2H3,(H,25,27)(H,26,28). The Bertz CT molecular complexity index is 1020. The van der Waals surface area contributed by atoms with Crippen molar-refractivity contribution in [3.8, 4) is 0 Å². The third-order valence-electron chi connectivity index (χ3n) is 5.60. The van der Waals surface area contributed by atoms with Crippen LogP contribution in [0.3, 0.4) is 0 Å². The fraction of sp³-hybridized carbons (Fsp3) is 0.391. The van der Waals surface area contributed by atoms with Gasteiger partial charge in [-0.2, -0.15) is 0 Å². The first kappa shape index (κ1) is 23.0. The Labute approximate surface area is 183 Å². The average Bonchev–Trinajstić information content (AvgIpc) is 2.74. The van der Waals surface area contributed by atoms with Crippen molar-refractivity contribution < 1.29 is 18.0 Å². The smallest absolute Gasteiger partial charge is 0.251 e. The van der Waals surface area contributed by atoms with Gasteiger partial charge < -0.3 is 10.6 Å². The molecule has 166 valence electrons. The second-order valence-electron chi connectivity index (χ2n) is 8.07. The number of anilines is 1. The number of benzene rings is 2. The Kier molecular flexibility index (Phi) is 7.46. The number of amides is 2. The van der Waals surface area contributed by atoms with Crippen LogP contribution in [-0.4, -0.2) is 26.3 Å². The minimum atomic E-state index is -3.70. The molecule has 0 aromatic heterocycles. The molecule has 1 aliphatic rings. The average molecular weight is 444 g/mol. The third kappa shape index (κ3) is 6.38. The highest BCUT2D eigenvalue weighted by Crippen LogP contribution is 2.24. The summed E-state index contributed by atoms with van der Waals surface area (Å²) in [4.78, 5) is 23.7. The lowest BCUT2D eigenvalue weighted by Crippen LogP contribution is -2.41. The lowest BCUT2D eigenvalue weighted by Gasteiger charge is -2.29. The number of hydrogen-bond donors (Lipinski definition) is 3. The number of rotatable bonds is 7. The molecule has 1 fully saturated rings. The highest BCUT2D eigenvalue weighted by atomic mass is 32.2. The predicted molar refractivity (Wildman–Crippen MR) is 120 cm³/mol. The Balaban J connectivity index is 1.56. The second-order valence-corrected chi connectivity index (χ2v) is 9.84. The molecule has 0 aliphatic heterocycles. The molecular formula is C23H29N3O4S. The van der Waals surface area contributed by atoms with E-state index in [-0.39, 0.29) is 29.3 Å². The van der Waals surface area contributed by atoms with Crippen molar-refractivity contribution in [3.63, 3.8) is 0 Å². The van der Waals surface area contributed by atoms with Gasteiger partial charge in [-0.05, 0) is 60.7 Å². The van der Waals surface area contributed by atoms with E-state index in [0.717, 1.165) is 24.8 Å². The van der Waals surface area contributed by atoms with Gasteiger partial charge >= 0.3 is 0 Å². The van der Waals surface area contributed by atoms with Gasteiger partial charge in [0.25, 0.3) is 5.91 Å². The zero-order valence-electron chi connectivity index (χ0n) is 17.9. The van der Waals surface area contributed by atoms with Gasteiger partial charge in [-0.25, -0.2) is 13.1 Å². The fourth-order valence-corrected chi connectivity index (χ4v) is 4.76. The number of sulfonamides is 1. The molecule has 31 heavy (non-hydrogen) atoms. The highest BCUT2D eigenvalue weighted by Gasteiger charge is 2.23. The maximum Gasteiger partial charge on any atom is 0.251 e. The van der Waals surface area contributed by atoms with Gasteiger partial charge in [0.2, 0.25) is 15.9 Å². The minimum Gasteiger partial charge on any atom is -0.349 e. The molecule has 0 saturated heterocycles. The Hall–Kier alpha value is -2.71. The Morgan fingerprint density at radius 1 is 0.968 bits per heavy atom. The normalized spacial score (nSPS) is 18.9. The van der Waals surface area contributed by atoms with Crippen LogP contribution >= 0.6 is 0 Å². The van der Waals surface area contributed by atoms with E-state index in [0.29, 0.717) is 17.2 Å². The van der Waals surface area contributed by atoms with E-state index in [1.54, 1.807) is 24.3 Å². The van der Waals surface area contributed by atoms with Gasteiger partial charge in [-0.1, -0.05) is 31.9 Å². The van der Waals surface area contributed by atoms with Crippen LogP contribution in [0.2, 0.25) is 0 Å². The molecule has 2 atom stereocenters. The number of carbonyl (C=O) groups is 2. The largest absolute Gasteiger partial charge is 0.349 e. The molecule has 3 N–H and O–H groups in total. The monoisotopic (exact) mass is 443 g/mol. The van der Waals surface area contributed by atoms with Crippen molar-refractivity contribution in [2.45, 2.75) is 57.0 Å². The number of nitrogens with one attached hydrogen (secondary N) is 3. The fourth-order valence-electron chi connectivity index (χ4n) is 3.74. The van der Waals surface area contributed by atoms with Gasteiger partial charge in [-0.3, -0.25) is 9.59 Å². The lowest BCUT2D eigenvalue weighted by molar-refractivity contribution is -0.114. The summed E-state index contributed by atoms with van der Waals surface area (Å²) in [7, 11) is -3.70. The molecule has 2 amide bonds. The summed E-state index contributed by atoms with van der Waals surface area (Å²) in [5, 5.41) is 5.72. The van der Waals surface area contributed by atoms with Crippen molar-refractivity contribution in [2.75, 3.05) is 5.32 Å². The first-order valence-corrected chi connectivity index (χ1v) is 12.0. The van der Waals surface area contributed by atoms with Crippen LogP contribution in [-0.2, 0) is 21.4 Å². The second kappa shape index (κ2) is 10.1. The number of carbonyl (C=O) groups excluding carboxylic acids is 2. The van der Waals surface area contributed by atoms with Gasteiger partial charge in [0.15, 0.2) is 0 Å². The minimum absolute atomic E-state index is 0.0925. The number of hydrogen-bond acceptors (Lipinski definition) is 4. The summed E-state index contributed by atoms with van der Waals surface area (Å²) in [6, 6.07) is 13.1. The van der Waals surface area contributed by atoms with Crippen LogP contribution in [0.15, 0.2) is 53.4 Å². The van der Waals surface area contributed by atoms with E-state index in [1.165, 1.54) is 37.6 Å². The van der Waals surface area contributed by atoms with Crippen LogP contribution in [0.5, 0.6) is 0 Å². The first-order chi connectivity index (χ1) is 14.7. The zero-order valence-corrected chi connectivity index (χ0v) is 18.7. The SMILES string of the molecule is CC(=O)Nc1ccc(S(=O)(=O)NCc2ccc(C(=O)NC3CCCCC3C)cc2)cc1. The van der Waals surface area contributed by atoms with Gasteiger partial charge in [-0.15, -0.1) is 0 Å². The van der Waals surface area contributed by atoms with Crippen molar-refractivity contribution in [2.24, 2.45) is 5.92 Å². The van der Waals surface area contributed by atoms with Crippen LogP contribution in [0.1, 0.15) is 55.5 Å². The quantitative estimate of drug-likeness (QED) is 0.610. The van der Waals surface area contributed by atoms with E-state index >= 15 is 0 Å². The highest BCUT2D eigenvalue weighted by molar-refractivity contribution is 7.89. The van der Waals surface area contributed by atoms with Crippen molar-refractivity contribution in [1.82, 2.24) is 10.0 Å². The summed E-state index contributed by atoms with van der Waals surface area (Å²) in [6.07, 6.45) is 4.51. The van der Waals surface area contributed by atoms with Crippen molar-refractivity contribution in [3.05, 3.63) is 59.7 Å². The van der Waals surface area contributed by atoms with Crippen LogP contribution in [0.4, 0.5) is 5.69 Å². The predicted octanol–water partition coefficient (Wildman–Crippen LogP) is 3.43.